The smallest absolute Gasteiger partial charge is 0.311 e. The van der Waals surface area contributed by atoms with Crippen LogP contribution in [0.2, 0.25) is 0 Å². The lowest BCUT2D eigenvalue weighted by molar-refractivity contribution is -0.384. The van der Waals surface area contributed by atoms with Gasteiger partial charge < -0.3 is 10.1 Å². The summed E-state index contributed by atoms with van der Waals surface area (Å²) in [5, 5.41) is 14.0. The van der Waals surface area contributed by atoms with Crippen LogP contribution in [0.3, 0.4) is 0 Å². The number of rotatable bonds is 3. The lowest BCUT2D eigenvalue weighted by Crippen LogP contribution is -2.27. The number of hydrogen-bond acceptors (Lipinski definition) is 5. The zero-order valence-electron chi connectivity index (χ0n) is 9.84. The number of nitro groups is 1. The lowest BCUT2D eigenvalue weighted by atomic mass is 10.1. The van der Waals surface area contributed by atoms with E-state index in [-0.39, 0.29) is 17.8 Å². The van der Waals surface area contributed by atoms with E-state index in [2.05, 4.69) is 10.3 Å². The Morgan fingerprint density at radius 2 is 2.41 bits per heavy atom. The summed E-state index contributed by atoms with van der Waals surface area (Å²) in [7, 11) is 0. The molecule has 1 fully saturated rings. The molecule has 0 spiro atoms. The number of aryl methyl sites for hydroxylation is 1. The van der Waals surface area contributed by atoms with E-state index in [1.807, 2.05) is 6.92 Å². The summed E-state index contributed by atoms with van der Waals surface area (Å²) < 4.78 is 5.40. The van der Waals surface area contributed by atoms with Crippen molar-refractivity contribution in [1.29, 1.82) is 0 Å². The number of aromatic nitrogens is 1. The third-order valence-electron chi connectivity index (χ3n) is 2.90. The van der Waals surface area contributed by atoms with E-state index in [1.165, 1.54) is 6.07 Å². The maximum atomic E-state index is 10.9. The van der Waals surface area contributed by atoms with Crippen molar-refractivity contribution >= 4 is 11.5 Å². The van der Waals surface area contributed by atoms with Crippen molar-refractivity contribution < 1.29 is 9.66 Å². The molecule has 1 aromatic heterocycles. The number of nitrogens with one attached hydrogen (secondary N) is 1. The molecule has 1 aliphatic rings. The summed E-state index contributed by atoms with van der Waals surface area (Å²) in [5.74, 6) is 0.322. The van der Waals surface area contributed by atoms with Crippen LogP contribution in [0.1, 0.15) is 18.9 Å². The largest absolute Gasteiger partial charge is 0.376 e. The highest BCUT2D eigenvalue weighted by Gasteiger charge is 2.27. The van der Waals surface area contributed by atoms with Gasteiger partial charge in [-0.05, 0) is 25.8 Å². The maximum absolute atomic E-state index is 10.9. The maximum Gasteiger partial charge on any atom is 0.311 e. The van der Waals surface area contributed by atoms with Crippen LogP contribution in [0, 0.1) is 17.0 Å². The summed E-state index contributed by atoms with van der Waals surface area (Å²) in [6, 6.07) is 1.61. The molecule has 1 aliphatic heterocycles. The Morgan fingerprint density at radius 1 is 1.65 bits per heavy atom. The van der Waals surface area contributed by atoms with Gasteiger partial charge in [0.25, 0.3) is 0 Å². The van der Waals surface area contributed by atoms with Crippen molar-refractivity contribution in [2.45, 2.75) is 32.4 Å². The predicted octanol–water partition coefficient (Wildman–Crippen LogP) is 1.89. The Labute approximate surface area is 99.2 Å². The molecule has 0 aliphatic carbocycles. The van der Waals surface area contributed by atoms with Crippen molar-refractivity contribution in [2.75, 3.05) is 11.9 Å². The van der Waals surface area contributed by atoms with Crippen molar-refractivity contribution in [3.8, 4) is 0 Å². The second-order valence-electron chi connectivity index (χ2n) is 4.25. The molecule has 0 amide bonds. The standard InChI is InChI=1S/C11H15N3O3/c1-7-5-10(14(15)16)11(12-6-7)13-9-3-4-17-8(9)2/h5-6,8-9H,3-4H2,1-2H3,(H,12,13). The molecule has 2 unspecified atom stereocenters. The third kappa shape index (κ3) is 2.52. The van der Waals surface area contributed by atoms with Gasteiger partial charge >= 0.3 is 5.69 Å². The van der Waals surface area contributed by atoms with Crippen LogP contribution in [0.5, 0.6) is 0 Å². The normalized spacial score (nSPS) is 23.6. The van der Waals surface area contributed by atoms with Crippen molar-refractivity contribution in [1.82, 2.24) is 4.98 Å². The molecule has 2 atom stereocenters. The molecule has 2 rings (SSSR count). The van der Waals surface area contributed by atoms with Gasteiger partial charge in [0, 0.05) is 18.9 Å². The van der Waals surface area contributed by atoms with Gasteiger partial charge in [-0.25, -0.2) is 4.98 Å². The first-order valence-electron chi connectivity index (χ1n) is 5.57. The van der Waals surface area contributed by atoms with E-state index < -0.39 is 4.92 Å². The van der Waals surface area contributed by atoms with Crippen LogP contribution in [0.25, 0.3) is 0 Å². The van der Waals surface area contributed by atoms with Gasteiger partial charge in [0.2, 0.25) is 5.82 Å². The van der Waals surface area contributed by atoms with Crippen LogP contribution in [0.4, 0.5) is 11.5 Å². The lowest BCUT2D eigenvalue weighted by Gasteiger charge is -2.16. The van der Waals surface area contributed by atoms with Gasteiger partial charge in [-0.3, -0.25) is 10.1 Å². The minimum Gasteiger partial charge on any atom is -0.376 e. The van der Waals surface area contributed by atoms with E-state index in [1.54, 1.807) is 13.1 Å². The molecular weight excluding hydrogens is 222 g/mol. The van der Waals surface area contributed by atoms with Crippen molar-refractivity contribution in [3.05, 3.63) is 27.9 Å². The molecule has 1 N–H and O–H groups in total. The van der Waals surface area contributed by atoms with E-state index in [0.717, 1.165) is 12.0 Å². The molecule has 2 heterocycles. The average molecular weight is 237 g/mol. The Kier molecular flexibility index (Phi) is 3.23. The van der Waals surface area contributed by atoms with Crippen LogP contribution in [0.15, 0.2) is 12.3 Å². The topological polar surface area (TPSA) is 77.3 Å². The SMILES string of the molecule is Cc1cnc(NC2CCOC2C)c([N+](=O)[O-])c1. The van der Waals surface area contributed by atoms with E-state index in [9.17, 15) is 10.1 Å². The van der Waals surface area contributed by atoms with Gasteiger partial charge in [-0.2, -0.15) is 0 Å². The predicted molar refractivity (Wildman–Crippen MR) is 63.1 cm³/mol. The minimum atomic E-state index is -0.414. The molecule has 1 saturated heterocycles. The van der Waals surface area contributed by atoms with E-state index in [0.29, 0.717) is 12.4 Å². The number of anilines is 1. The van der Waals surface area contributed by atoms with Gasteiger partial charge in [0.1, 0.15) is 0 Å². The molecule has 0 aromatic carbocycles. The highest BCUT2D eigenvalue weighted by Crippen LogP contribution is 2.26. The number of hydrogen-bond donors (Lipinski definition) is 1. The van der Waals surface area contributed by atoms with Crippen LogP contribution < -0.4 is 5.32 Å². The van der Waals surface area contributed by atoms with E-state index in [4.69, 9.17) is 4.74 Å². The highest BCUT2D eigenvalue weighted by molar-refractivity contribution is 5.57. The molecule has 92 valence electrons. The first-order valence-corrected chi connectivity index (χ1v) is 5.57. The number of nitrogens with zero attached hydrogens (tertiary/aromatic N) is 2. The Morgan fingerprint density at radius 3 is 3.00 bits per heavy atom. The molecule has 6 nitrogen and oxygen atoms in total. The number of ether oxygens (including phenoxy) is 1. The fourth-order valence-corrected chi connectivity index (χ4v) is 1.90. The summed E-state index contributed by atoms with van der Waals surface area (Å²) in [6.45, 7) is 4.41. The van der Waals surface area contributed by atoms with Crippen molar-refractivity contribution in [3.63, 3.8) is 0 Å². The highest BCUT2D eigenvalue weighted by atomic mass is 16.6. The summed E-state index contributed by atoms with van der Waals surface area (Å²) in [5.41, 5.74) is 0.794. The number of pyridine rings is 1. The van der Waals surface area contributed by atoms with Crippen LogP contribution >= 0.6 is 0 Å². The Bertz CT molecular complexity index is 436. The second kappa shape index (κ2) is 4.67. The van der Waals surface area contributed by atoms with Gasteiger partial charge in [-0.15, -0.1) is 0 Å². The summed E-state index contributed by atoms with van der Waals surface area (Å²) in [4.78, 5) is 14.6. The minimum absolute atomic E-state index is 0.0177. The summed E-state index contributed by atoms with van der Waals surface area (Å²) in [6.07, 6.45) is 2.52. The van der Waals surface area contributed by atoms with Gasteiger partial charge in [0.05, 0.1) is 17.1 Å². The zero-order valence-corrected chi connectivity index (χ0v) is 9.84. The Balaban J connectivity index is 2.22. The fraction of sp³-hybridized carbons (Fsp3) is 0.545. The fourth-order valence-electron chi connectivity index (χ4n) is 1.90. The molecule has 0 radical (unpaired) electrons. The monoisotopic (exact) mass is 237 g/mol. The zero-order chi connectivity index (χ0) is 12.4. The molecule has 0 bridgehead atoms. The second-order valence-corrected chi connectivity index (χ2v) is 4.25. The van der Waals surface area contributed by atoms with Gasteiger partial charge in [0.15, 0.2) is 0 Å². The van der Waals surface area contributed by atoms with Gasteiger partial charge in [-0.1, -0.05) is 0 Å². The molecule has 6 heteroatoms. The molecular formula is C11H15N3O3. The first kappa shape index (κ1) is 11.8. The molecule has 1 aromatic rings. The van der Waals surface area contributed by atoms with E-state index >= 15 is 0 Å². The molecule has 0 saturated carbocycles. The molecule has 17 heavy (non-hydrogen) atoms. The first-order chi connectivity index (χ1) is 8.08. The average Bonchev–Trinajstić information content (AvgIpc) is 2.67. The van der Waals surface area contributed by atoms with Crippen molar-refractivity contribution in [2.24, 2.45) is 0 Å². The Hall–Kier alpha value is -1.69. The van der Waals surface area contributed by atoms with Crippen LogP contribution in [-0.2, 0) is 4.74 Å². The summed E-state index contributed by atoms with van der Waals surface area (Å²) >= 11 is 0. The van der Waals surface area contributed by atoms with Crippen LogP contribution in [-0.4, -0.2) is 28.7 Å². The third-order valence-corrected chi connectivity index (χ3v) is 2.90. The quantitative estimate of drug-likeness (QED) is 0.641.